The van der Waals surface area contributed by atoms with Crippen LogP contribution >= 0.6 is 0 Å². The summed E-state index contributed by atoms with van der Waals surface area (Å²) >= 11 is 0. The largest absolute Gasteiger partial charge is 0.464 e. The molecule has 1 N–H and O–H groups in total. The molecule has 2 heteroatoms. The Hall–Kier alpha value is -1.28. The molecule has 0 aliphatic carbocycles. The molecule has 0 fully saturated rings. The van der Waals surface area contributed by atoms with E-state index in [4.69, 9.17) is 4.42 Å². The minimum atomic E-state index is 0.144. The van der Waals surface area contributed by atoms with Crippen molar-refractivity contribution < 1.29 is 4.42 Å². The smallest absolute Gasteiger partial charge is 0.138 e. The van der Waals surface area contributed by atoms with Gasteiger partial charge in [0.1, 0.15) is 5.58 Å². The van der Waals surface area contributed by atoms with Crippen LogP contribution in [-0.2, 0) is 18.5 Å². The van der Waals surface area contributed by atoms with Gasteiger partial charge in [0.05, 0.1) is 6.26 Å². The molecule has 84 valence electrons. The SMILES string of the molecule is CC(C)(C)c1coc2c3c(ccc12)CNC3. The number of benzene rings is 1. The lowest BCUT2D eigenvalue weighted by Crippen LogP contribution is -2.09. The summed E-state index contributed by atoms with van der Waals surface area (Å²) in [5.41, 5.74) is 5.24. The lowest BCUT2D eigenvalue weighted by molar-refractivity contribution is 0.556. The molecule has 3 rings (SSSR count). The molecule has 0 atom stereocenters. The van der Waals surface area contributed by atoms with E-state index < -0.39 is 0 Å². The van der Waals surface area contributed by atoms with Gasteiger partial charge in [0.15, 0.2) is 0 Å². The third kappa shape index (κ3) is 1.30. The number of fused-ring (bicyclic) bond motifs is 3. The van der Waals surface area contributed by atoms with Gasteiger partial charge in [-0.05, 0) is 11.0 Å². The highest BCUT2D eigenvalue weighted by Gasteiger charge is 2.23. The van der Waals surface area contributed by atoms with Gasteiger partial charge in [-0.2, -0.15) is 0 Å². The van der Waals surface area contributed by atoms with E-state index in [1.54, 1.807) is 0 Å². The summed E-state index contributed by atoms with van der Waals surface area (Å²) in [4.78, 5) is 0. The maximum atomic E-state index is 5.78. The predicted molar refractivity (Wildman–Crippen MR) is 65.5 cm³/mol. The molecule has 16 heavy (non-hydrogen) atoms. The first kappa shape index (κ1) is 9.91. The zero-order chi connectivity index (χ0) is 11.3. The summed E-state index contributed by atoms with van der Waals surface area (Å²) in [6, 6.07) is 4.42. The van der Waals surface area contributed by atoms with Crippen molar-refractivity contribution in [1.82, 2.24) is 5.32 Å². The van der Waals surface area contributed by atoms with Crippen molar-refractivity contribution >= 4 is 11.0 Å². The lowest BCUT2D eigenvalue weighted by Gasteiger charge is -2.16. The molecule has 1 aromatic carbocycles. The van der Waals surface area contributed by atoms with Crippen molar-refractivity contribution in [2.24, 2.45) is 0 Å². The Balaban J connectivity index is 2.30. The Morgan fingerprint density at radius 1 is 1.19 bits per heavy atom. The minimum Gasteiger partial charge on any atom is -0.464 e. The molecule has 0 radical (unpaired) electrons. The Morgan fingerprint density at radius 2 is 2.00 bits per heavy atom. The number of rotatable bonds is 0. The second-order valence-corrected chi connectivity index (χ2v) is 5.58. The molecule has 0 saturated carbocycles. The van der Waals surface area contributed by atoms with E-state index in [-0.39, 0.29) is 5.41 Å². The van der Waals surface area contributed by atoms with Crippen LogP contribution < -0.4 is 5.32 Å². The summed E-state index contributed by atoms with van der Waals surface area (Å²) in [5, 5.41) is 4.64. The van der Waals surface area contributed by atoms with Gasteiger partial charge in [0.25, 0.3) is 0 Å². The monoisotopic (exact) mass is 215 g/mol. The maximum Gasteiger partial charge on any atom is 0.138 e. The summed E-state index contributed by atoms with van der Waals surface area (Å²) in [6.07, 6.45) is 1.92. The van der Waals surface area contributed by atoms with E-state index >= 15 is 0 Å². The Morgan fingerprint density at radius 3 is 2.75 bits per heavy atom. The van der Waals surface area contributed by atoms with E-state index in [1.165, 1.54) is 22.1 Å². The summed E-state index contributed by atoms with van der Waals surface area (Å²) < 4.78 is 5.78. The molecule has 0 amide bonds. The zero-order valence-electron chi connectivity index (χ0n) is 10.1. The molecule has 0 saturated heterocycles. The van der Waals surface area contributed by atoms with Gasteiger partial charge in [-0.15, -0.1) is 0 Å². The summed E-state index contributed by atoms with van der Waals surface area (Å²) in [5.74, 6) is 0. The van der Waals surface area contributed by atoms with E-state index in [1.807, 2.05) is 6.26 Å². The van der Waals surface area contributed by atoms with Gasteiger partial charge in [-0.25, -0.2) is 0 Å². The van der Waals surface area contributed by atoms with Crippen molar-refractivity contribution in [3.8, 4) is 0 Å². The van der Waals surface area contributed by atoms with Crippen LogP contribution in [0.4, 0.5) is 0 Å². The fourth-order valence-electron chi connectivity index (χ4n) is 2.46. The van der Waals surface area contributed by atoms with Crippen LogP contribution in [0.3, 0.4) is 0 Å². The van der Waals surface area contributed by atoms with Gasteiger partial charge >= 0.3 is 0 Å². The summed E-state index contributed by atoms with van der Waals surface area (Å²) in [6.45, 7) is 8.58. The molecule has 0 bridgehead atoms. The number of hydrogen-bond acceptors (Lipinski definition) is 2. The van der Waals surface area contributed by atoms with Gasteiger partial charge in [-0.3, -0.25) is 0 Å². The molecule has 2 aromatic rings. The normalized spacial score (nSPS) is 15.7. The highest BCUT2D eigenvalue weighted by molar-refractivity contribution is 5.86. The second-order valence-electron chi connectivity index (χ2n) is 5.58. The first-order valence-electron chi connectivity index (χ1n) is 5.80. The second kappa shape index (κ2) is 3.11. The van der Waals surface area contributed by atoms with Gasteiger partial charge in [0.2, 0.25) is 0 Å². The highest BCUT2D eigenvalue weighted by atomic mass is 16.3. The fraction of sp³-hybridized carbons (Fsp3) is 0.429. The van der Waals surface area contributed by atoms with Crippen LogP contribution in [0.15, 0.2) is 22.8 Å². The topological polar surface area (TPSA) is 25.2 Å². The van der Waals surface area contributed by atoms with Crippen LogP contribution in [0.1, 0.15) is 37.5 Å². The standard InChI is InChI=1S/C14H17NO/c1-14(2,3)12-8-16-13-10(12)5-4-9-6-15-7-11(9)13/h4-5,8,15H,6-7H2,1-3H3. The third-order valence-corrected chi connectivity index (χ3v) is 3.37. The molecule has 0 unspecified atom stereocenters. The molecule has 1 aliphatic rings. The number of nitrogens with one attached hydrogen (secondary N) is 1. The molecule has 2 heterocycles. The lowest BCUT2D eigenvalue weighted by atomic mass is 9.86. The quantitative estimate of drug-likeness (QED) is 0.729. The van der Waals surface area contributed by atoms with Gasteiger partial charge in [0, 0.05) is 29.6 Å². The van der Waals surface area contributed by atoms with E-state index in [0.717, 1.165) is 18.7 Å². The molecule has 1 aromatic heterocycles. The number of hydrogen-bond donors (Lipinski definition) is 1. The van der Waals surface area contributed by atoms with Crippen LogP contribution in [0, 0.1) is 0 Å². The number of furan rings is 1. The van der Waals surface area contributed by atoms with Crippen LogP contribution in [-0.4, -0.2) is 0 Å². The van der Waals surface area contributed by atoms with Gasteiger partial charge < -0.3 is 9.73 Å². The van der Waals surface area contributed by atoms with Crippen molar-refractivity contribution in [2.75, 3.05) is 0 Å². The zero-order valence-corrected chi connectivity index (χ0v) is 10.1. The van der Waals surface area contributed by atoms with Crippen LogP contribution in [0.5, 0.6) is 0 Å². The van der Waals surface area contributed by atoms with E-state index in [0.29, 0.717) is 0 Å². The summed E-state index contributed by atoms with van der Waals surface area (Å²) in [7, 11) is 0. The van der Waals surface area contributed by atoms with E-state index in [2.05, 4.69) is 38.2 Å². The molecule has 0 spiro atoms. The van der Waals surface area contributed by atoms with E-state index in [9.17, 15) is 0 Å². The van der Waals surface area contributed by atoms with Crippen molar-refractivity contribution in [3.05, 3.63) is 35.1 Å². The van der Waals surface area contributed by atoms with Crippen molar-refractivity contribution in [2.45, 2.75) is 39.3 Å². The third-order valence-electron chi connectivity index (χ3n) is 3.37. The first-order chi connectivity index (χ1) is 7.57. The average Bonchev–Trinajstić information content (AvgIpc) is 2.81. The van der Waals surface area contributed by atoms with Crippen LogP contribution in [0.2, 0.25) is 0 Å². The fourth-order valence-corrected chi connectivity index (χ4v) is 2.46. The first-order valence-corrected chi connectivity index (χ1v) is 5.80. The van der Waals surface area contributed by atoms with Crippen molar-refractivity contribution in [1.29, 1.82) is 0 Å². The van der Waals surface area contributed by atoms with Crippen LogP contribution in [0.25, 0.3) is 11.0 Å². The molecule has 2 nitrogen and oxygen atoms in total. The maximum absolute atomic E-state index is 5.78. The molecular weight excluding hydrogens is 198 g/mol. The Bertz CT molecular complexity index is 546. The predicted octanol–water partition coefficient (Wildman–Crippen LogP) is 3.33. The van der Waals surface area contributed by atoms with Gasteiger partial charge in [-0.1, -0.05) is 32.9 Å². The Labute approximate surface area is 95.6 Å². The molecular formula is C14H17NO. The molecule has 1 aliphatic heterocycles. The van der Waals surface area contributed by atoms with Crippen molar-refractivity contribution in [3.63, 3.8) is 0 Å². The Kier molecular flexibility index (Phi) is 1.93. The highest BCUT2D eigenvalue weighted by Crippen LogP contribution is 2.35. The average molecular weight is 215 g/mol. The minimum absolute atomic E-state index is 0.144.